The van der Waals surface area contributed by atoms with Crippen LogP contribution in [0.4, 0.5) is 13.2 Å². The smallest absolute Gasteiger partial charge is 0.399 e. The highest BCUT2D eigenvalue weighted by Gasteiger charge is 2.52. The summed E-state index contributed by atoms with van der Waals surface area (Å²) in [6, 6.07) is 2.24. The van der Waals surface area contributed by atoms with Crippen molar-refractivity contribution in [1.82, 2.24) is 0 Å². The molecule has 6 heteroatoms. The van der Waals surface area contributed by atoms with Crippen LogP contribution in [0, 0.1) is 12.7 Å². The van der Waals surface area contributed by atoms with Gasteiger partial charge >= 0.3 is 7.12 Å². The second-order valence-corrected chi connectivity index (χ2v) is 6.12. The van der Waals surface area contributed by atoms with E-state index in [1.807, 2.05) is 27.7 Å². The van der Waals surface area contributed by atoms with Gasteiger partial charge in [-0.3, -0.25) is 0 Å². The molecular formula is C14H18BF3O2. The molecule has 1 aromatic rings. The average Bonchev–Trinajstić information content (AvgIpc) is 2.47. The lowest BCUT2D eigenvalue weighted by molar-refractivity contribution is 0.00578. The van der Waals surface area contributed by atoms with Crippen LogP contribution < -0.4 is 5.46 Å². The van der Waals surface area contributed by atoms with E-state index in [9.17, 15) is 13.2 Å². The molecule has 0 atom stereocenters. The summed E-state index contributed by atoms with van der Waals surface area (Å²) in [6.07, 6.45) is -2.86. The lowest BCUT2D eigenvalue weighted by Crippen LogP contribution is -2.41. The summed E-state index contributed by atoms with van der Waals surface area (Å²) in [6.45, 7) is 9.15. The monoisotopic (exact) mass is 286 g/mol. The quantitative estimate of drug-likeness (QED) is 0.776. The van der Waals surface area contributed by atoms with Gasteiger partial charge in [-0.15, -0.1) is 0 Å². The number of halogens is 3. The SMILES string of the molecule is Cc1cc(F)c(C(F)F)cc1B1OC(C)(C)C(C)(C)O1. The minimum absolute atomic E-state index is 0.445. The number of hydrogen-bond acceptors (Lipinski definition) is 2. The number of hydrogen-bond donors (Lipinski definition) is 0. The summed E-state index contributed by atoms with van der Waals surface area (Å²) in [5, 5.41) is 0. The highest BCUT2D eigenvalue weighted by atomic mass is 19.3. The topological polar surface area (TPSA) is 18.5 Å². The molecule has 0 bridgehead atoms. The van der Waals surface area contributed by atoms with Crippen LogP contribution in [0.15, 0.2) is 12.1 Å². The molecular weight excluding hydrogens is 268 g/mol. The molecule has 1 aliphatic heterocycles. The van der Waals surface area contributed by atoms with Crippen molar-refractivity contribution in [3.8, 4) is 0 Å². The fourth-order valence-electron chi connectivity index (χ4n) is 2.10. The number of alkyl halides is 2. The zero-order chi connectivity index (χ0) is 15.3. The van der Waals surface area contributed by atoms with Gasteiger partial charge in [-0.05, 0) is 51.7 Å². The van der Waals surface area contributed by atoms with Gasteiger partial charge < -0.3 is 9.31 Å². The van der Waals surface area contributed by atoms with Crippen molar-refractivity contribution in [1.29, 1.82) is 0 Å². The predicted molar refractivity (Wildman–Crippen MR) is 71.8 cm³/mol. The van der Waals surface area contributed by atoms with E-state index in [2.05, 4.69) is 0 Å². The first-order chi connectivity index (χ1) is 9.05. The summed E-state index contributed by atoms with van der Waals surface area (Å²) >= 11 is 0. The van der Waals surface area contributed by atoms with Gasteiger partial charge in [0.1, 0.15) is 5.82 Å². The molecule has 1 saturated heterocycles. The largest absolute Gasteiger partial charge is 0.495 e. The first-order valence-electron chi connectivity index (χ1n) is 6.49. The van der Waals surface area contributed by atoms with Crippen LogP contribution in [-0.4, -0.2) is 18.3 Å². The van der Waals surface area contributed by atoms with Crippen LogP contribution in [0.2, 0.25) is 0 Å². The van der Waals surface area contributed by atoms with E-state index in [-0.39, 0.29) is 0 Å². The third kappa shape index (κ3) is 2.47. The molecule has 110 valence electrons. The van der Waals surface area contributed by atoms with E-state index in [1.165, 1.54) is 0 Å². The second-order valence-electron chi connectivity index (χ2n) is 6.12. The van der Waals surface area contributed by atoms with Crippen LogP contribution in [0.5, 0.6) is 0 Å². The van der Waals surface area contributed by atoms with Crippen molar-refractivity contribution in [2.45, 2.75) is 52.2 Å². The molecule has 2 rings (SSSR count). The minimum Gasteiger partial charge on any atom is -0.399 e. The Bertz CT molecular complexity index is 513. The minimum atomic E-state index is -2.86. The van der Waals surface area contributed by atoms with E-state index in [0.717, 1.165) is 12.1 Å². The number of rotatable bonds is 2. The molecule has 0 radical (unpaired) electrons. The Balaban J connectivity index is 2.42. The molecule has 0 amide bonds. The molecule has 0 unspecified atom stereocenters. The van der Waals surface area contributed by atoms with Crippen molar-refractivity contribution >= 4 is 12.6 Å². The molecule has 0 saturated carbocycles. The van der Waals surface area contributed by atoms with Crippen LogP contribution in [0.1, 0.15) is 45.2 Å². The molecule has 0 N–H and O–H groups in total. The Morgan fingerprint density at radius 1 is 1.05 bits per heavy atom. The van der Waals surface area contributed by atoms with E-state index in [1.54, 1.807) is 6.92 Å². The first kappa shape index (κ1) is 15.4. The van der Waals surface area contributed by atoms with Crippen LogP contribution >= 0.6 is 0 Å². The molecule has 2 nitrogen and oxygen atoms in total. The Hall–Kier alpha value is -1.01. The Morgan fingerprint density at radius 3 is 2.00 bits per heavy atom. The van der Waals surface area contributed by atoms with Gasteiger partial charge in [-0.2, -0.15) is 0 Å². The number of aryl methyl sites for hydroxylation is 1. The van der Waals surface area contributed by atoms with Gasteiger partial charge in [0.2, 0.25) is 0 Å². The van der Waals surface area contributed by atoms with Gasteiger partial charge in [-0.1, -0.05) is 6.07 Å². The van der Waals surface area contributed by atoms with E-state index in [0.29, 0.717) is 11.0 Å². The fourth-order valence-corrected chi connectivity index (χ4v) is 2.10. The van der Waals surface area contributed by atoms with Crippen molar-refractivity contribution < 1.29 is 22.5 Å². The first-order valence-corrected chi connectivity index (χ1v) is 6.49. The standard InChI is InChI=1S/C14H18BF3O2/c1-8-6-11(16)9(12(17)18)7-10(8)15-19-13(2,3)14(4,5)20-15/h6-7,12H,1-5H3. The molecule has 20 heavy (non-hydrogen) atoms. The normalized spacial score (nSPS) is 20.8. The molecule has 0 spiro atoms. The van der Waals surface area contributed by atoms with Crippen molar-refractivity contribution in [2.75, 3.05) is 0 Å². The van der Waals surface area contributed by atoms with Crippen molar-refractivity contribution in [2.24, 2.45) is 0 Å². The molecule has 1 fully saturated rings. The van der Waals surface area contributed by atoms with Gasteiger partial charge in [0.15, 0.2) is 0 Å². The predicted octanol–water partition coefficient (Wildman–Crippen LogP) is 3.37. The summed E-state index contributed by atoms with van der Waals surface area (Å²) in [4.78, 5) is 0. The Kier molecular flexibility index (Phi) is 3.67. The molecule has 1 aromatic carbocycles. The zero-order valence-electron chi connectivity index (χ0n) is 12.3. The summed E-state index contributed by atoms with van der Waals surface area (Å²) < 4.78 is 50.8. The summed E-state index contributed by atoms with van der Waals surface area (Å²) in [7, 11) is -0.766. The van der Waals surface area contributed by atoms with Gasteiger partial charge in [0, 0.05) is 0 Å². The average molecular weight is 286 g/mol. The maximum Gasteiger partial charge on any atom is 0.495 e. The van der Waals surface area contributed by atoms with Crippen LogP contribution in [0.3, 0.4) is 0 Å². The third-order valence-corrected chi connectivity index (χ3v) is 4.13. The van der Waals surface area contributed by atoms with Crippen LogP contribution in [0.25, 0.3) is 0 Å². The second kappa shape index (κ2) is 4.77. The van der Waals surface area contributed by atoms with E-state index in [4.69, 9.17) is 9.31 Å². The van der Waals surface area contributed by atoms with Crippen molar-refractivity contribution in [3.63, 3.8) is 0 Å². The Morgan fingerprint density at radius 2 is 1.55 bits per heavy atom. The molecule has 1 aliphatic rings. The maximum atomic E-state index is 13.5. The third-order valence-electron chi connectivity index (χ3n) is 4.13. The summed E-state index contributed by atoms with van der Waals surface area (Å²) in [5.74, 6) is -0.905. The van der Waals surface area contributed by atoms with Crippen molar-refractivity contribution in [3.05, 3.63) is 29.1 Å². The summed E-state index contributed by atoms with van der Waals surface area (Å²) in [5.41, 5.74) is -0.779. The highest BCUT2D eigenvalue weighted by Crippen LogP contribution is 2.37. The van der Waals surface area contributed by atoms with Gasteiger partial charge in [-0.25, -0.2) is 13.2 Å². The maximum absolute atomic E-state index is 13.5. The lowest BCUT2D eigenvalue weighted by Gasteiger charge is -2.32. The molecule has 0 aromatic heterocycles. The fraction of sp³-hybridized carbons (Fsp3) is 0.571. The zero-order valence-corrected chi connectivity index (χ0v) is 12.3. The van der Waals surface area contributed by atoms with E-state index < -0.39 is 36.1 Å². The van der Waals surface area contributed by atoms with Gasteiger partial charge in [0.25, 0.3) is 6.43 Å². The van der Waals surface area contributed by atoms with E-state index >= 15 is 0 Å². The van der Waals surface area contributed by atoms with Gasteiger partial charge in [0.05, 0.1) is 16.8 Å². The molecule has 1 heterocycles. The number of benzene rings is 1. The Labute approximate surface area is 117 Å². The van der Waals surface area contributed by atoms with Crippen LogP contribution in [-0.2, 0) is 9.31 Å². The highest BCUT2D eigenvalue weighted by molar-refractivity contribution is 6.62. The lowest BCUT2D eigenvalue weighted by atomic mass is 9.75. The molecule has 0 aliphatic carbocycles.